The Hall–Kier alpha value is -11.5. The van der Waals surface area contributed by atoms with Gasteiger partial charge in [0.2, 0.25) is 0 Å². The van der Waals surface area contributed by atoms with Gasteiger partial charge in [0, 0.05) is 66.7 Å². The first-order valence-electron chi connectivity index (χ1n) is 33.0. The van der Waals surface area contributed by atoms with Crippen molar-refractivity contribution in [3.8, 4) is 72.7 Å². The molecule has 0 spiro atoms. The van der Waals surface area contributed by atoms with Gasteiger partial charge in [-0.3, -0.25) is 0 Å². The lowest BCUT2D eigenvalue weighted by Crippen LogP contribution is -2.28. The number of hydrogen-bond acceptors (Lipinski definition) is 1. The standard InChI is InChI=1S/C90H68N4/c1-55-23-35-67(36-24-55)91-83-19-11-7-15-71(83)79-47-61(31-43-87(79)91)65-51-75(63-33-45-89-81(49-63)73-17-9-13-21-85(73)93(89)69-39-27-57(3)28-40-69)59(5)77(53-65)78-54-66(62-32-44-88-80(48-62)72-16-8-12-20-84(72)92(88)68-37-25-56(2)26-38-68)52-76(60(78)6)64-34-46-90-82(50-64)74-18-10-14-22-86(74)94(90)70-41-29-58(4)30-42-70/h7-54,71,83H,1-6H3. The molecule has 0 fully saturated rings. The maximum absolute atomic E-state index is 2.54. The van der Waals surface area contributed by atoms with E-state index in [1.54, 1.807) is 0 Å². The topological polar surface area (TPSA) is 18.0 Å². The molecule has 2 atom stereocenters. The molecule has 3 aromatic heterocycles. The molecular formula is C90H68N4. The molecule has 448 valence electrons. The van der Waals surface area contributed by atoms with E-state index < -0.39 is 0 Å². The fraction of sp³-hybridized carbons (Fsp3) is 0.0889. The van der Waals surface area contributed by atoms with Crippen LogP contribution in [0.3, 0.4) is 0 Å². The molecule has 2 unspecified atom stereocenters. The van der Waals surface area contributed by atoms with Gasteiger partial charge in [-0.15, -0.1) is 0 Å². The van der Waals surface area contributed by atoms with Crippen LogP contribution < -0.4 is 4.90 Å². The molecule has 16 aromatic rings. The second-order valence-electron chi connectivity index (χ2n) is 26.4. The Morgan fingerprint density at radius 2 is 0.596 bits per heavy atom. The van der Waals surface area contributed by atoms with Crippen LogP contribution in [-0.2, 0) is 0 Å². The number of benzene rings is 13. The van der Waals surface area contributed by atoms with Gasteiger partial charge in [0.15, 0.2) is 0 Å². The van der Waals surface area contributed by atoms with E-state index in [-0.39, 0.29) is 12.0 Å². The van der Waals surface area contributed by atoms with Crippen LogP contribution in [0.15, 0.2) is 291 Å². The highest BCUT2D eigenvalue weighted by atomic mass is 15.2. The van der Waals surface area contributed by atoms with E-state index in [0.717, 1.165) is 17.1 Å². The van der Waals surface area contributed by atoms with Crippen LogP contribution in [0, 0.1) is 41.5 Å². The van der Waals surface area contributed by atoms with Gasteiger partial charge in [0.05, 0.1) is 39.1 Å². The fourth-order valence-electron chi connectivity index (χ4n) is 15.8. The maximum atomic E-state index is 2.54. The summed E-state index contributed by atoms with van der Waals surface area (Å²) in [5.74, 6) is 0.201. The third-order valence-corrected chi connectivity index (χ3v) is 20.7. The molecule has 0 amide bonds. The minimum atomic E-state index is 0.177. The van der Waals surface area contributed by atoms with Crippen LogP contribution in [0.25, 0.3) is 138 Å². The second-order valence-corrected chi connectivity index (χ2v) is 26.4. The van der Waals surface area contributed by atoms with Gasteiger partial charge in [-0.25, -0.2) is 0 Å². The third kappa shape index (κ3) is 8.81. The van der Waals surface area contributed by atoms with E-state index in [1.165, 1.54) is 171 Å². The highest BCUT2D eigenvalue weighted by Crippen LogP contribution is 2.51. The first-order chi connectivity index (χ1) is 46.1. The normalized spacial score (nSPS) is 14.4. The van der Waals surface area contributed by atoms with Gasteiger partial charge in [0.25, 0.3) is 0 Å². The Morgan fingerprint density at radius 3 is 1.03 bits per heavy atom. The lowest BCUT2D eigenvalue weighted by molar-refractivity contribution is 0.745. The average Bonchev–Trinajstić information content (AvgIpc) is 1.51. The quantitative estimate of drug-likeness (QED) is 0.141. The van der Waals surface area contributed by atoms with Crippen molar-refractivity contribution >= 4 is 76.8 Å². The number of fused-ring (bicyclic) bond motifs is 12. The summed E-state index contributed by atoms with van der Waals surface area (Å²) in [6.07, 6.45) is 9.24. The van der Waals surface area contributed by atoms with Crippen LogP contribution >= 0.6 is 0 Å². The van der Waals surface area contributed by atoms with Gasteiger partial charge in [-0.1, -0.05) is 174 Å². The molecule has 0 radical (unpaired) electrons. The molecule has 94 heavy (non-hydrogen) atoms. The molecule has 0 saturated heterocycles. The summed E-state index contributed by atoms with van der Waals surface area (Å²) in [7, 11) is 0. The summed E-state index contributed by atoms with van der Waals surface area (Å²) >= 11 is 0. The molecule has 4 heteroatoms. The van der Waals surface area contributed by atoms with Crippen molar-refractivity contribution in [2.75, 3.05) is 4.90 Å². The van der Waals surface area contributed by atoms with Gasteiger partial charge in [-0.2, -0.15) is 0 Å². The SMILES string of the molecule is Cc1ccc(N2c3ccc(-c4cc(-c5ccc6c(c5)c5ccccc5n6-c5ccc(C)cc5)c(C)c(-c5cc(-c6ccc7c(c6)c6ccccc6n7-c6ccc(C)cc6)cc(-c6ccc7c(c6)c6ccccc6n7-c6ccc(C)cc6)c5C)c4)cc3C3C=CC=CC32)cc1. The maximum Gasteiger partial charge on any atom is 0.0629 e. The number of hydrogen-bond donors (Lipinski definition) is 0. The van der Waals surface area contributed by atoms with Crippen LogP contribution in [0.5, 0.6) is 0 Å². The molecule has 0 bridgehead atoms. The van der Waals surface area contributed by atoms with Crippen LogP contribution in [0.2, 0.25) is 0 Å². The second kappa shape index (κ2) is 21.6. The predicted octanol–water partition coefficient (Wildman–Crippen LogP) is 23.9. The first-order valence-corrected chi connectivity index (χ1v) is 33.0. The van der Waals surface area contributed by atoms with E-state index in [1.807, 2.05) is 0 Å². The zero-order valence-corrected chi connectivity index (χ0v) is 53.7. The van der Waals surface area contributed by atoms with E-state index >= 15 is 0 Å². The number of anilines is 2. The van der Waals surface area contributed by atoms with Crippen molar-refractivity contribution in [3.63, 3.8) is 0 Å². The minimum Gasteiger partial charge on any atom is -0.333 e. The summed E-state index contributed by atoms with van der Waals surface area (Å²) < 4.78 is 7.29. The van der Waals surface area contributed by atoms with Gasteiger partial charge < -0.3 is 18.6 Å². The first kappa shape index (κ1) is 55.4. The number of nitrogens with zero attached hydrogens (tertiary/aromatic N) is 4. The fourth-order valence-corrected chi connectivity index (χ4v) is 15.8. The zero-order chi connectivity index (χ0) is 63.0. The number of allylic oxidation sites excluding steroid dienone is 2. The highest BCUT2D eigenvalue weighted by molar-refractivity contribution is 6.13. The molecular weight excluding hydrogens is 1140 g/mol. The van der Waals surface area contributed by atoms with Crippen LogP contribution in [0.4, 0.5) is 11.4 Å². The Balaban J connectivity index is 0.888. The molecule has 2 aliphatic rings. The van der Waals surface area contributed by atoms with Crippen LogP contribution in [-0.4, -0.2) is 19.7 Å². The molecule has 18 rings (SSSR count). The minimum absolute atomic E-state index is 0.177. The Kier molecular flexibility index (Phi) is 12.7. The molecule has 13 aromatic carbocycles. The number of rotatable bonds is 9. The van der Waals surface area contributed by atoms with Gasteiger partial charge >= 0.3 is 0 Å². The summed E-state index contributed by atoms with van der Waals surface area (Å²) in [5, 5.41) is 7.39. The van der Waals surface area contributed by atoms with Gasteiger partial charge in [-0.05, 0) is 253 Å². The molecule has 1 aliphatic carbocycles. The van der Waals surface area contributed by atoms with Crippen molar-refractivity contribution in [2.45, 2.75) is 53.5 Å². The molecule has 0 N–H and O–H groups in total. The van der Waals surface area contributed by atoms with E-state index in [0.29, 0.717) is 0 Å². The Labute approximate surface area is 548 Å². The lowest BCUT2D eigenvalue weighted by Gasteiger charge is -2.28. The monoisotopic (exact) mass is 1200 g/mol. The Bertz CT molecular complexity index is 5840. The third-order valence-electron chi connectivity index (χ3n) is 20.7. The Morgan fingerprint density at radius 1 is 0.255 bits per heavy atom. The van der Waals surface area contributed by atoms with Gasteiger partial charge in [0.1, 0.15) is 0 Å². The van der Waals surface area contributed by atoms with Crippen molar-refractivity contribution in [2.24, 2.45) is 0 Å². The summed E-state index contributed by atoms with van der Waals surface area (Å²) in [6.45, 7) is 13.4. The molecule has 0 saturated carbocycles. The predicted molar refractivity (Wildman–Crippen MR) is 398 cm³/mol. The molecule has 4 nitrogen and oxygen atoms in total. The highest BCUT2D eigenvalue weighted by Gasteiger charge is 2.38. The van der Waals surface area contributed by atoms with Crippen molar-refractivity contribution in [3.05, 3.63) is 330 Å². The van der Waals surface area contributed by atoms with E-state index in [2.05, 4.69) is 351 Å². The number of aromatic nitrogens is 3. The number of para-hydroxylation sites is 3. The average molecular weight is 1210 g/mol. The molecule has 4 heterocycles. The van der Waals surface area contributed by atoms with Crippen molar-refractivity contribution < 1.29 is 0 Å². The smallest absolute Gasteiger partial charge is 0.0629 e. The van der Waals surface area contributed by atoms with Crippen molar-refractivity contribution in [1.82, 2.24) is 13.7 Å². The largest absolute Gasteiger partial charge is 0.333 e. The van der Waals surface area contributed by atoms with Crippen molar-refractivity contribution in [1.29, 1.82) is 0 Å². The summed E-state index contributed by atoms with van der Waals surface area (Å²) in [6, 6.07) is 101. The zero-order valence-electron chi connectivity index (χ0n) is 53.7. The molecule has 1 aliphatic heterocycles. The lowest BCUT2D eigenvalue weighted by atomic mass is 9.83. The summed E-state index contributed by atoms with van der Waals surface area (Å²) in [5.41, 5.74) is 33.8. The summed E-state index contributed by atoms with van der Waals surface area (Å²) in [4.78, 5) is 2.54. The van der Waals surface area contributed by atoms with E-state index in [9.17, 15) is 0 Å². The van der Waals surface area contributed by atoms with Crippen LogP contribution in [0.1, 0.15) is 44.9 Å². The van der Waals surface area contributed by atoms with E-state index in [4.69, 9.17) is 0 Å². The number of aryl methyl sites for hydroxylation is 4.